The van der Waals surface area contributed by atoms with E-state index in [1.165, 1.54) is 18.2 Å². The Labute approximate surface area is 115 Å². The van der Waals surface area contributed by atoms with Gasteiger partial charge in [-0.2, -0.15) is 0 Å². The van der Waals surface area contributed by atoms with Gasteiger partial charge in [0.25, 0.3) is 5.91 Å². The summed E-state index contributed by atoms with van der Waals surface area (Å²) < 4.78 is 13.1. The highest BCUT2D eigenvalue weighted by Crippen LogP contribution is 2.13. The van der Waals surface area contributed by atoms with Crippen molar-refractivity contribution in [3.63, 3.8) is 0 Å². The van der Waals surface area contributed by atoms with Crippen LogP contribution < -0.4 is 11.1 Å². The van der Waals surface area contributed by atoms with Crippen LogP contribution in [0.3, 0.4) is 0 Å². The zero-order valence-electron chi connectivity index (χ0n) is 10.5. The average molecular weight is 272 g/mol. The van der Waals surface area contributed by atoms with E-state index in [2.05, 4.69) is 5.32 Å². The van der Waals surface area contributed by atoms with E-state index in [4.69, 9.17) is 5.73 Å². The number of halogens is 1. The van der Waals surface area contributed by atoms with Gasteiger partial charge in [-0.05, 0) is 23.8 Å². The van der Waals surface area contributed by atoms with Crippen molar-refractivity contribution in [1.82, 2.24) is 5.32 Å². The molecule has 0 fully saturated rings. The molecule has 0 aliphatic carbocycles. The highest BCUT2D eigenvalue weighted by molar-refractivity contribution is 5.97. The molecule has 2 aromatic rings. The van der Waals surface area contributed by atoms with Crippen molar-refractivity contribution in [3.05, 3.63) is 71.5 Å². The molecule has 0 aliphatic heterocycles. The summed E-state index contributed by atoms with van der Waals surface area (Å²) in [6, 6.07) is 12.9. The van der Waals surface area contributed by atoms with Gasteiger partial charge in [0.05, 0.1) is 0 Å². The molecule has 5 heteroatoms. The summed E-state index contributed by atoms with van der Waals surface area (Å²) in [6.07, 6.45) is 0. The van der Waals surface area contributed by atoms with E-state index in [1.54, 1.807) is 30.3 Å². The number of carbonyl (C=O) groups is 2. The van der Waals surface area contributed by atoms with E-state index in [-0.39, 0.29) is 5.56 Å². The molecule has 2 rings (SSSR count). The van der Waals surface area contributed by atoms with Crippen molar-refractivity contribution in [2.24, 2.45) is 5.73 Å². The summed E-state index contributed by atoms with van der Waals surface area (Å²) in [5, 5.41) is 2.50. The highest BCUT2D eigenvalue weighted by atomic mass is 19.1. The van der Waals surface area contributed by atoms with E-state index in [9.17, 15) is 14.0 Å². The Bertz CT molecular complexity index is 629. The maximum atomic E-state index is 13.1. The van der Waals surface area contributed by atoms with Gasteiger partial charge >= 0.3 is 0 Å². The molecule has 0 bridgehead atoms. The van der Waals surface area contributed by atoms with Crippen molar-refractivity contribution in [1.29, 1.82) is 0 Å². The van der Waals surface area contributed by atoms with Crippen LogP contribution in [-0.4, -0.2) is 11.8 Å². The van der Waals surface area contributed by atoms with Crippen LogP contribution in [0.25, 0.3) is 0 Å². The zero-order valence-corrected chi connectivity index (χ0v) is 10.5. The van der Waals surface area contributed by atoms with Crippen molar-refractivity contribution in [2.75, 3.05) is 0 Å². The standard InChI is InChI=1S/C15H13FN2O2/c16-12-8-4-7-11(9-12)15(20)18-13(14(17)19)10-5-2-1-3-6-10/h1-9,13H,(H2,17,19)(H,18,20)/t13-/m0/s1. The molecule has 2 amide bonds. The molecule has 1 atom stereocenters. The van der Waals surface area contributed by atoms with Crippen LogP contribution in [0, 0.1) is 5.82 Å². The van der Waals surface area contributed by atoms with Crippen molar-refractivity contribution < 1.29 is 14.0 Å². The fourth-order valence-electron chi connectivity index (χ4n) is 1.81. The fourth-order valence-corrected chi connectivity index (χ4v) is 1.81. The molecule has 102 valence electrons. The Morgan fingerprint density at radius 2 is 1.75 bits per heavy atom. The first-order valence-corrected chi connectivity index (χ1v) is 5.98. The van der Waals surface area contributed by atoms with Crippen LogP contribution in [0.5, 0.6) is 0 Å². The number of hydrogen-bond acceptors (Lipinski definition) is 2. The lowest BCUT2D eigenvalue weighted by molar-refractivity contribution is -0.120. The Kier molecular flexibility index (Phi) is 4.10. The fraction of sp³-hybridized carbons (Fsp3) is 0.0667. The smallest absolute Gasteiger partial charge is 0.252 e. The normalized spacial score (nSPS) is 11.7. The van der Waals surface area contributed by atoms with Crippen LogP contribution in [0.1, 0.15) is 22.0 Å². The second-order valence-electron chi connectivity index (χ2n) is 4.23. The Morgan fingerprint density at radius 3 is 2.35 bits per heavy atom. The van der Waals surface area contributed by atoms with Gasteiger partial charge in [0, 0.05) is 5.56 Å². The van der Waals surface area contributed by atoms with Gasteiger partial charge in [0.15, 0.2) is 0 Å². The van der Waals surface area contributed by atoms with Crippen LogP contribution in [0.15, 0.2) is 54.6 Å². The van der Waals surface area contributed by atoms with Crippen LogP contribution in [-0.2, 0) is 4.79 Å². The Balaban J connectivity index is 2.21. The van der Waals surface area contributed by atoms with Crippen molar-refractivity contribution in [2.45, 2.75) is 6.04 Å². The number of nitrogens with one attached hydrogen (secondary N) is 1. The molecule has 0 saturated carbocycles. The van der Waals surface area contributed by atoms with E-state index >= 15 is 0 Å². The Morgan fingerprint density at radius 1 is 1.05 bits per heavy atom. The van der Waals surface area contributed by atoms with E-state index < -0.39 is 23.7 Å². The number of benzene rings is 2. The van der Waals surface area contributed by atoms with Gasteiger partial charge in [0.2, 0.25) is 5.91 Å². The minimum Gasteiger partial charge on any atom is -0.368 e. The second kappa shape index (κ2) is 5.97. The average Bonchev–Trinajstić information content (AvgIpc) is 2.45. The van der Waals surface area contributed by atoms with E-state index in [1.807, 2.05) is 0 Å². The first kappa shape index (κ1) is 13.7. The number of carbonyl (C=O) groups excluding carboxylic acids is 2. The quantitative estimate of drug-likeness (QED) is 0.890. The second-order valence-corrected chi connectivity index (χ2v) is 4.23. The molecule has 0 aromatic heterocycles. The van der Waals surface area contributed by atoms with Gasteiger partial charge < -0.3 is 11.1 Å². The third kappa shape index (κ3) is 3.20. The molecule has 0 radical (unpaired) electrons. The first-order chi connectivity index (χ1) is 9.58. The van der Waals surface area contributed by atoms with Gasteiger partial charge in [-0.25, -0.2) is 4.39 Å². The topological polar surface area (TPSA) is 72.2 Å². The molecular formula is C15H13FN2O2. The summed E-state index contributed by atoms with van der Waals surface area (Å²) in [5.74, 6) is -1.76. The van der Waals surface area contributed by atoms with Gasteiger partial charge in [0.1, 0.15) is 11.9 Å². The maximum Gasteiger partial charge on any atom is 0.252 e. The van der Waals surface area contributed by atoms with Crippen molar-refractivity contribution >= 4 is 11.8 Å². The lowest BCUT2D eigenvalue weighted by Gasteiger charge is -2.15. The molecule has 0 heterocycles. The van der Waals surface area contributed by atoms with Gasteiger partial charge in [-0.15, -0.1) is 0 Å². The molecule has 2 aromatic carbocycles. The predicted molar refractivity (Wildman–Crippen MR) is 72.2 cm³/mol. The van der Waals surface area contributed by atoms with Crippen LogP contribution in [0.4, 0.5) is 4.39 Å². The van der Waals surface area contributed by atoms with Gasteiger partial charge in [-0.3, -0.25) is 9.59 Å². The molecule has 0 unspecified atom stereocenters. The summed E-state index contributed by atoms with van der Waals surface area (Å²) in [4.78, 5) is 23.5. The molecule has 0 saturated heterocycles. The molecule has 0 aliphatic rings. The number of nitrogens with two attached hydrogens (primary N) is 1. The summed E-state index contributed by atoms with van der Waals surface area (Å²) in [7, 11) is 0. The Hall–Kier alpha value is -2.69. The lowest BCUT2D eigenvalue weighted by Crippen LogP contribution is -2.37. The summed E-state index contributed by atoms with van der Waals surface area (Å²) >= 11 is 0. The summed E-state index contributed by atoms with van der Waals surface area (Å²) in [5.41, 5.74) is 6.00. The van der Waals surface area contributed by atoms with E-state index in [0.717, 1.165) is 6.07 Å². The zero-order chi connectivity index (χ0) is 14.5. The third-order valence-corrected chi connectivity index (χ3v) is 2.78. The van der Waals surface area contributed by atoms with Crippen molar-refractivity contribution in [3.8, 4) is 0 Å². The molecular weight excluding hydrogens is 259 g/mol. The monoisotopic (exact) mass is 272 g/mol. The molecule has 20 heavy (non-hydrogen) atoms. The third-order valence-electron chi connectivity index (χ3n) is 2.78. The number of amides is 2. The van der Waals surface area contributed by atoms with E-state index in [0.29, 0.717) is 5.56 Å². The number of primary amides is 1. The summed E-state index contributed by atoms with van der Waals surface area (Å²) in [6.45, 7) is 0. The number of hydrogen-bond donors (Lipinski definition) is 2. The molecule has 3 N–H and O–H groups in total. The number of rotatable bonds is 4. The first-order valence-electron chi connectivity index (χ1n) is 5.98. The molecule has 0 spiro atoms. The van der Waals surface area contributed by atoms with Crippen LogP contribution in [0.2, 0.25) is 0 Å². The van der Waals surface area contributed by atoms with Gasteiger partial charge in [-0.1, -0.05) is 36.4 Å². The largest absolute Gasteiger partial charge is 0.368 e. The molecule has 4 nitrogen and oxygen atoms in total. The minimum absolute atomic E-state index is 0.132. The highest BCUT2D eigenvalue weighted by Gasteiger charge is 2.20. The minimum atomic E-state index is -0.952. The maximum absolute atomic E-state index is 13.1. The lowest BCUT2D eigenvalue weighted by atomic mass is 10.1. The SMILES string of the molecule is NC(=O)[C@@H](NC(=O)c1cccc(F)c1)c1ccccc1. The predicted octanol–water partition coefficient (Wildman–Crippen LogP) is 1.78. The van der Waals surface area contributed by atoms with Crippen LogP contribution >= 0.6 is 0 Å².